The van der Waals surface area contributed by atoms with Gasteiger partial charge in [0.2, 0.25) is 5.82 Å². The zero-order valence-electron chi connectivity index (χ0n) is 19.4. The van der Waals surface area contributed by atoms with E-state index in [1.54, 1.807) is 7.11 Å². The van der Waals surface area contributed by atoms with Crippen molar-refractivity contribution < 1.29 is 9.64 Å². The van der Waals surface area contributed by atoms with Crippen LogP contribution in [0.5, 0.6) is 5.75 Å². The summed E-state index contributed by atoms with van der Waals surface area (Å²) in [4.78, 5) is 17.8. The van der Waals surface area contributed by atoms with Gasteiger partial charge in [0.25, 0.3) is 5.56 Å². The highest BCUT2D eigenvalue weighted by Gasteiger charge is 2.38. The normalized spacial score (nSPS) is 17.0. The number of aromatic amines is 1. The molecule has 1 unspecified atom stereocenters. The minimum atomic E-state index is -0.318. The predicted molar refractivity (Wildman–Crippen MR) is 125 cm³/mol. The van der Waals surface area contributed by atoms with Crippen molar-refractivity contribution in [3.63, 3.8) is 0 Å². The van der Waals surface area contributed by atoms with Crippen LogP contribution >= 0.6 is 0 Å². The Labute approximate surface area is 192 Å². The molecule has 8 nitrogen and oxygen atoms in total. The van der Waals surface area contributed by atoms with Crippen LogP contribution in [0.25, 0.3) is 10.9 Å². The van der Waals surface area contributed by atoms with Gasteiger partial charge in [-0.2, -0.15) is 0 Å². The first-order valence-electron chi connectivity index (χ1n) is 11.3. The van der Waals surface area contributed by atoms with E-state index in [1.807, 2.05) is 28.9 Å². The molecule has 1 aliphatic heterocycles. The molecule has 0 saturated carbocycles. The van der Waals surface area contributed by atoms with Crippen LogP contribution in [0.4, 0.5) is 0 Å². The van der Waals surface area contributed by atoms with Crippen molar-refractivity contribution in [2.24, 2.45) is 0 Å². The zero-order chi connectivity index (χ0) is 23.2. The number of fused-ring (bicyclic) bond motifs is 2. The first kappa shape index (κ1) is 21.3. The van der Waals surface area contributed by atoms with Crippen molar-refractivity contribution in [3.8, 4) is 5.75 Å². The van der Waals surface area contributed by atoms with E-state index < -0.39 is 0 Å². The molecule has 2 N–H and O–H groups in total. The van der Waals surface area contributed by atoms with E-state index in [1.165, 1.54) is 16.0 Å². The van der Waals surface area contributed by atoms with Crippen LogP contribution < -0.4 is 15.2 Å². The number of ether oxygens (including phenoxy) is 1. The average molecular weight is 446 g/mol. The maximum absolute atomic E-state index is 13.4. The number of tetrazole rings is 1. The van der Waals surface area contributed by atoms with Gasteiger partial charge in [-0.3, -0.25) is 4.79 Å². The molecular formula is C25H29N6O2+. The molecule has 2 atom stereocenters. The maximum Gasteiger partial charge on any atom is 0.258 e. The summed E-state index contributed by atoms with van der Waals surface area (Å²) in [6.45, 7) is 7.90. The molecule has 2 aromatic heterocycles. The summed E-state index contributed by atoms with van der Waals surface area (Å²) in [5, 5.41) is 13.7. The Morgan fingerprint density at radius 1 is 1.12 bits per heavy atom. The summed E-state index contributed by atoms with van der Waals surface area (Å²) in [6, 6.07) is 15.9. The van der Waals surface area contributed by atoms with Crippen molar-refractivity contribution in [1.29, 1.82) is 0 Å². The zero-order valence-corrected chi connectivity index (χ0v) is 19.4. The number of hydrogen-bond donors (Lipinski definition) is 2. The van der Waals surface area contributed by atoms with Gasteiger partial charge in [-0.15, -0.1) is 5.10 Å². The fourth-order valence-corrected chi connectivity index (χ4v) is 4.78. The first-order valence-corrected chi connectivity index (χ1v) is 11.3. The lowest BCUT2D eigenvalue weighted by atomic mass is 9.95. The molecule has 170 valence electrons. The van der Waals surface area contributed by atoms with Gasteiger partial charge in [-0.1, -0.05) is 24.3 Å². The van der Waals surface area contributed by atoms with E-state index in [9.17, 15) is 4.79 Å². The summed E-state index contributed by atoms with van der Waals surface area (Å²) in [7, 11) is 1.62. The second-order valence-electron chi connectivity index (χ2n) is 9.66. The van der Waals surface area contributed by atoms with Crippen molar-refractivity contribution in [2.75, 3.05) is 13.7 Å². The molecule has 0 radical (unpaired) electrons. The number of quaternary nitrogens is 1. The van der Waals surface area contributed by atoms with Gasteiger partial charge in [0.15, 0.2) is 6.04 Å². The Morgan fingerprint density at radius 2 is 1.91 bits per heavy atom. The molecule has 0 spiro atoms. The summed E-state index contributed by atoms with van der Waals surface area (Å²) in [5.74, 6) is 1.41. The summed E-state index contributed by atoms with van der Waals surface area (Å²) in [6.07, 6.45) is 0.946. The van der Waals surface area contributed by atoms with Gasteiger partial charge in [0, 0.05) is 18.1 Å². The largest absolute Gasteiger partial charge is 0.497 e. The van der Waals surface area contributed by atoms with Gasteiger partial charge in [-0.25, -0.2) is 4.68 Å². The Balaban J connectivity index is 1.68. The summed E-state index contributed by atoms with van der Waals surface area (Å²) < 4.78 is 7.17. The minimum Gasteiger partial charge on any atom is -0.497 e. The standard InChI is InChI=1S/C25H28N6O2/c1-25(2,3)31-23(27-28-29-31)22(30-12-11-16-7-5-6-8-18(16)15-30)20-13-17-9-10-19(33-4)14-21(17)26-24(20)32/h5-10,13-14,22H,11-12,15H2,1-4H3,(H,26,32)/p+1/t22-/m1/s1. The Morgan fingerprint density at radius 3 is 2.67 bits per heavy atom. The number of benzene rings is 2. The van der Waals surface area contributed by atoms with Crippen LogP contribution in [0.3, 0.4) is 0 Å². The molecule has 0 aliphatic carbocycles. The van der Waals surface area contributed by atoms with Gasteiger partial charge in [-0.05, 0) is 60.3 Å². The lowest BCUT2D eigenvalue weighted by molar-refractivity contribution is -0.942. The number of pyridine rings is 1. The summed E-state index contributed by atoms with van der Waals surface area (Å²) in [5.41, 5.74) is 3.64. The second-order valence-corrected chi connectivity index (χ2v) is 9.66. The smallest absolute Gasteiger partial charge is 0.258 e. The molecule has 0 saturated heterocycles. The minimum absolute atomic E-state index is 0.129. The average Bonchev–Trinajstić information content (AvgIpc) is 3.29. The number of nitrogens with one attached hydrogen (secondary N) is 2. The number of methoxy groups -OCH3 is 1. The maximum atomic E-state index is 13.4. The molecule has 0 amide bonds. The van der Waals surface area contributed by atoms with E-state index in [-0.39, 0.29) is 17.1 Å². The van der Waals surface area contributed by atoms with Gasteiger partial charge < -0.3 is 14.6 Å². The molecule has 0 fully saturated rings. The van der Waals surface area contributed by atoms with Crippen LogP contribution in [0.2, 0.25) is 0 Å². The van der Waals surface area contributed by atoms with Crippen molar-refractivity contribution in [1.82, 2.24) is 25.2 Å². The molecule has 33 heavy (non-hydrogen) atoms. The Kier molecular flexibility index (Phi) is 5.25. The second kappa shape index (κ2) is 8.12. The lowest BCUT2D eigenvalue weighted by Crippen LogP contribution is -3.12. The molecule has 1 aliphatic rings. The first-order chi connectivity index (χ1) is 15.8. The topological polar surface area (TPSA) is 90.1 Å². The highest BCUT2D eigenvalue weighted by Crippen LogP contribution is 2.25. The van der Waals surface area contributed by atoms with Crippen LogP contribution in [-0.2, 0) is 18.5 Å². The number of H-pyrrole nitrogens is 1. The SMILES string of the molecule is COc1ccc2cc([C@H](c3nnnn3C(C)(C)C)[NH+]3CCc4ccccc4C3)c(=O)[nH]c2c1. The van der Waals surface area contributed by atoms with Crippen molar-refractivity contribution >= 4 is 10.9 Å². The number of nitrogens with zero attached hydrogens (tertiary/aromatic N) is 4. The quantitative estimate of drug-likeness (QED) is 0.502. The lowest BCUT2D eigenvalue weighted by Gasteiger charge is -2.33. The van der Waals surface area contributed by atoms with Gasteiger partial charge in [0.05, 0.1) is 30.3 Å². The molecule has 0 bridgehead atoms. The Hall–Kier alpha value is -3.52. The van der Waals surface area contributed by atoms with E-state index >= 15 is 0 Å². The van der Waals surface area contributed by atoms with Crippen LogP contribution in [-0.4, -0.2) is 38.8 Å². The molecule has 8 heteroatoms. The van der Waals surface area contributed by atoms with E-state index in [0.717, 1.165) is 30.4 Å². The number of rotatable bonds is 4. The van der Waals surface area contributed by atoms with Crippen molar-refractivity contribution in [3.05, 3.63) is 81.4 Å². The molecule has 4 aromatic rings. The molecule has 2 aromatic carbocycles. The summed E-state index contributed by atoms with van der Waals surface area (Å²) >= 11 is 0. The third kappa shape index (κ3) is 3.91. The Bertz CT molecular complexity index is 1370. The highest BCUT2D eigenvalue weighted by atomic mass is 16.5. The third-order valence-corrected chi connectivity index (χ3v) is 6.44. The molecule has 5 rings (SSSR count). The van der Waals surface area contributed by atoms with Crippen LogP contribution in [0.15, 0.2) is 53.3 Å². The van der Waals surface area contributed by atoms with Crippen LogP contribution in [0, 0.1) is 0 Å². The van der Waals surface area contributed by atoms with Crippen molar-refractivity contribution in [2.45, 2.75) is 45.3 Å². The highest BCUT2D eigenvalue weighted by molar-refractivity contribution is 5.80. The van der Waals surface area contributed by atoms with Gasteiger partial charge >= 0.3 is 0 Å². The predicted octanol–water partition coefficient (Wildman–Crippen LogP) is 2.01. The molecule has 3 heterocycles. The fraction of sp³-hybridized carbons (Fsp3) is 0.360. The fourth-order valence-electron chi connectivity index (χ4n) is 4.78. The van der Waals surface area contributed by atoms with E-state index in [4.69, 9.17) is 4.74 Å². The van der Waals surface area contributed by atoms with Gasteiger partial charge in [0.1, 0.15) is 12.3 Å². The van der Waals surface area contributed by atoms with Crippen LogP contribution in [0.1, 0.15) is 49.3 Å². The molecular weight excluding hydrogens is 416 g/mol. The van der Waals surface area contributed by atoms with E-state index in [2.05, 4.69) is 65.5 Å². The monoisotopic (exact) mass is 445 g/mol. The third-order valence-electron chi connectivity index (χ3n) is 6.44. The number of aromatic nitrogens is 5. The number of hydrogen-bond acceptors (Lipinski definition) is 5. The van der Waals surface area contributed by atoms with E-state index in [0.29, 0.717) is 17.1 Å².